The number of nitrogens with one attached hydrogen (secondary N) is 1. The maximum atomic E-state index is 3.72. The minimum absolute atomic E-state index is 0.220. The van der Waals surface area contributed by atoms with Crippen molar-refractivity contribution >= 4 is 0 Å². The summed E-state index contributed by atoms with van der Waals surface area (Å²) in [5, 5.41) is 3.72. The van der Waals surface area contributed by atoms with E-state index in [0.717, 1.165) is 18.4 Å². The lowest BCUT2D eigenvalue weighted by Gasteiger charge is -2.37. The second-order valence-corrected chi connectivity index (χ2v) is 8.98. The smallest absolute Gasteiger partial charge is 0.00967 e. The molecule has 2 unspecified atom stereocenters. The Morgan fingerprint density at radius 1 is 1.10 bits per heavy atom. The lowest BCUT2D eigenvalue weighted by atomic mass is 9.85. The number of hydrogen-bond acceptors (Lipinski definition) is 2. The molecule has 0 aliphatic carbocycles. The van der Waals surface area contributed by atoms with Crippen LogP contribution < -0.4 is 5.32 Å². The first-order chi connectivity index (χ1) is 9.65. The molecule has 0 radical (unpaired) electrons. The Labute approximate surface area is 134 Å². The molecule has 21 heavy (non-hydrogen) atoms. The minimum Gasteiger partial charge on any atom is -0.311 e. The second-order valence-electron chi connectivity index (χ2n) is 8.98. The van der Waals surface area contributed by atoms with E-state index in [1.807, 2.05) is 0 Å². The topological polar surface area (TPSA) is 15.3 Å². The molecule has 1 N–H and O–H groups in total. The fraction of sp³-hybridized carbons (Fsp3) is 1.00. The van der Waals surface area contributed by atoms with Gasteiger partial charge in [-0.2, -0.15) is 0 Å². The van der Waals surface area contributed by atoms with Gasteiger partial charge in [-0.1, -0.05) is 27.7 Å². The van der Waals surface area contributed by atoms with Crippen LogP contribution in [0.4, 0.5) is 0 Å². The Bertz CT molecular complexity index is 292. The Hall–Kier alpha value is -0.0800. The van der Waals surface area contributed by atoms with Crippen LogP contribution in [0.15, 0.2) is 0 Å². The van der Waals surface area contributed by atoms with Crippen LogP contribution in [-0.4, -0.2) is 36.6 Å². The molecule has 0 aromatic heterocycles. The molecule has 1 fully saturated rings. The van der Waals surface area contributed by atoms with Crippen molar-refractivity contribution in [2.24, 2.45) is 17.3 Å². The zero-order chi connectivity index (χ0) is 16.1. The standard InChI is InChI=1S/C19H40N2/c1-8-19(7,14-20-18(4,5)6)15-21-12-9-10-17(11-13-21)16(2)3/h16-17,20H,8-15H2,1-7H3. The number of hydrogen-bond donors (Lipinski definition) is 1. The van der Waals surface area contributed by atoms with Gasteiger partial charge in [-0.25, -0.2) is 0 Å². The predicted molar refractivity (Wildman–Crippen MR) is 94.8 cm³/mol. The summed E-state index contributed by atoms with van der Waals surface area (Å²) in [4.78, 5) is 2.73. The van der Waals surface area contributed by atoms with Gasteiger partial charge < -0.3 is 10.2 Å². The molecule has 0 aromatic rings. The van der Waals surface area contributed by atoms with Gasteiger partial charge >= 0.3 is 0 Å². The highest BCUT2D eigenvalue weighted by Gasteiger charge is 2.28. The van der Waals surface area contributed by atoms with Crippen molar-refractivity contribution in [3.8, 4) is 0 Å². The van der Waals surface area contributed by atoms with Crippen molar-refractivity contribution in [2.45, 2.75) is 79.7 Å². The fourth-order valence-corrected chi connectivity index (χ4v) is 3.32. The van der Waals surface area contributed by atoms with Crippen LogP contribution in [0.3, 0.4) is 0 Å². The molecule has 0 saturated carbocycles. The van der Waals surface area contributed by atoms with E-state index in [1.54, 1.807) is 0 Å². The molecule has 1 saturated heterocycles. The predicted octanol–water partition coefficient (Wildman–Crippen LogP) is 4.55. The quantitative estimate of drug-likeness (QED) is 0.773. The zero-order valence-corrected chi connectivity index (χ0v) is 15.8. The lowest BCUT2D eigenvalue weighted by Crippen LogP contribution is -2.47. The van der Waals surface area contributed by atoms with Crippen molar-refractivity contribution in [3.05, 3.63) is 0 Å². The average Bonchev–Trinajstić information content (AvgIpc) is 2.61. The van der Waals surface area contributed by atoms with Crippen molar-refractivity contribution in [3.63, 3.8) is 0 Å². The summed E-state index contributed by atoms with van der Waals surface area (Å²) in [6.07, 6.45) is 5.46. The van der Waals surface area contributed by atoms with Gasteiger partial charge in [-0.3, -0.25) is 0 Å². The first-order valence-corrected chi connectivity index (χ1v) is 9.12. The molecular formula is C19H40N2. The highest BCUT2D eigenvalue weighted by molar-refractivity contribution is 4.84. The Balaban J connectivity index is 2.52. The van der Waals surface area contributed by atoms with Gasteiger partial charge in [0, 0.05) is 18.6 Å². The first kappa shape index (κ1) is 19.0. The van der Waals surface area contributed by atoms with Crippen LogP contribution in [0.5, 0.6) is 0 Å². The van der Waals surface area contributed by atoms with E-state index >= 15 is 0 Å². The maximum absolute atomic E-state index is 3.72. The third-order valence-corrected chi connectivity index (χ3v) is 5.31. The second kappa shape index (κ2) is 7.97. The van der Waals surface area contributed by atoms with E-state index in [1.165, 1.54) is 45.3 Å². The molecule has 2 atom stereocenters. The molecule has 1 rings (SSSR count). The molecule has 2 nitrogen and oxygen atoms in total. The van der Waals surface area contributed by atoms with E-state index in [-0.39, 0.29) is 5.54 Å². The summed E-state index contributed by atoms with van der Waals surface area (Å²) in [5.41, 5.74) is 0.614. The van der Waals surface area contributed by atoms with Gasteiger partial charge in [0.25, 0.3) is 0 Å². The van der Waals surface area contributed by atoms with E-state index < -0.39 is 0 Å². The summed E-state index contributed by atoms with van der Waals surface area (Å²) < 4.78 is 0. The van der Waals surface area contributed by atoms with E-state index in [9.17, 15) is 0 Å². The van der Waals surface area contributed by atoms with Gasteiger partial charge in [0.05, 0.1) is 0 Å². The van der Waals surface area contributed by atoms with E-state index in [4.69, 9.17) is 0 Å². The molecule has 2 heteroatoms. The third kappa shape index (κ3) is 7.15. The van der Waals surface area contributed by atoms with Crippen LogP contribution in [0.2, 0.25) is 0 Å². The Morgan fingerprint density at radius 3 is 2.29 bits per heavy atom. The van der Waals surface area contributed by atoms with E-state index in [0.29, 0.717) is 5.41 Å². The summed E-state index contributed by atoms with van der Waals surface area (Å²) in [5.74, 6) is 1.79. The number of rotatable bonds is 6. The molecule has 0 amide bonds. The van der Waals surface area contributed by atoms with Gasteiger partial charge in [-0.05, 0) is 76.8 Å². The molecular weight excluding hydrogens is 256 g/mol. The third-order valence-electron chi connectivity index (χ3n) is 5.31. The Kier molecular flexibility index (Phi) is 7.19. The molecule has 126 valence electrons. The van der Waals surface area contributed by atoms with Gasteiger partial charge in [0.15, 0.2) is 0 Å². The monoisotopic (exact) mass is 296 g/mol. The fourth-order valence-electron chi connectivity index (χ4n) is 3.32. The van der Waals surface area contributed by atoms with E-state index in [2.05, 4.69) is 58.7 Å². The van der Waals surface area contributed by atoms with Crippen LogP contribution in [0.25, 0.3) is 0 Å². The van der Waals surface area contributed by atoms with Crippen molar-refractivity contribution < 1.29 is 0 Å². The molecule has 0 spiro atoms. The number of likely N-dealkylation sites (tertiary alicyclic amines) is 1. The molecule has 0 bridgehead atoms. The summed E-state index contributed by atoms with van der Waals surface area (Å²) >= 11 is 0. The van der Waals surface area contributed by atoms with Gasteiger partial charge in [-0.15, -0.1) is 0 Å². The molecule has 1 heterocycles. The minimum atomic E-state index is 0.220. The summed E-state index contributed by atoms with van der Waals surface area (Å²) in [7, 11) is 0. The summed E-state index contributed by atoms with van der Waals surface area (Å²) in [6, 6.07) is 0. The van der Waals surface area contributed by atoms with Crippen LogP contribution >= 0.6 is 0 Å². The zero-order valence-electron chi connectivity index (χ0n) is 15.8. The molecule has 0 aromatic carbocycles. The molecule has 1 aliphatic heterocycles. The van der Waals surface area contributed by atoms with Crippen molar-refractivity contribution in [1.82, 2.24) is 10.2 Å². The first-order valence-electron chi connectivity index (χ1n) is 9.12. The average molecular weight is 297 g/mol. The van der Waals surface area contributed by atoms with Gasteiger partial charge in [0.1, 0.15) is 0 Å². The highest BCUT2D eigenvalue weighted by atomic mass is 15.1. The van der Waals surface area contributed by atoms with Crippen molar-refractivity contribution in [1.29, 1.82) is 0 Å². The normalized spacial score (nSPS) is 24.9. The lowest BCUT2D eigenvalue weighted by molar-refractivity contribution is 0.147. The SMILES string of the molecule is CCC(C)(CNC(C)(C)C)CN1CCCC(C(C)C)CC1. The van der Waals surface area contributed by atoms with Crippen LogP contribution in [0, 0.1) is 17.3 Å². The highest BCUT2D eigenvalue weighted by Crippen LogP contribution is 2.28. The number of nitrogens with zero attached hydrogens (tertiary/aromatic N) is 1. The van der Waals surface area contributed by atoms with Crippen molar-refractivity contribution in [2.75, 3.05) is 26.2 Å². The van der Waals surface area contributed by atoms with Crippen LogP contribution in [0.1, 0.15) is 74.1 Å². The summed E-state index contributed by atoms with van der Waals surface area (Å²) in [6.45, 7) is 21.4. The largest absolute Gasteiger partial charge is 0.311 e. The van der Waals surface area contributed by atoms with Gasteiger partial charge in [0.2, 0.25) is 0 Å². The molecule has 1 aliphatic rings. The Morgan fingerprint density at radius 2 is 1.76 bits per heavy atom. The van der Waals surface area contributed by atoms with Crippen LogP contribution in [-0.2, 0) is 0 Å². The maximum Gasteiger partial charge on any atom is 0.00967 e.